The van der Waals surface area contributed by atoms with Gasteiger partial charge in [0.1, 0.15) is 12.1 Å². The molecule has 0 radical (unpaired) electrons. The molecule has 0 unspecified atom stereocenters. The standard InChI is InChI=1S/C18H28N6/c1-4-5-16-11-19-14-20-18(16)24-8-6-17(7-9-24)22(2)12-15-10-21-23(3)13-15/h10-11,13-14,17H,4-9,12H2,1-3H3. The van der Waals surface area contributed by atoms with E-state index in [4.69, 9.17) is 0 Å². The highest BCUT2D eigenvalue weighted by atomic mass is 15.3. The molecule has 0 aliphatic carbocycles. The lowest BCUT2D eigenvalue weighted by molar-refractivity contribution is 0.200. The molecule has 1 saturated heterocycles. The molecule has 24 heavy (non-hydrogen) atoms. The highest BCUT2D eigenvalue weighted by Gasteiger charge is 2.24. The van der Waals surface area contributed by atoms with Crippen molar-refractivity contribution in [3.05, 3.63) is 36.0 Å². The van der Waals surface area contributed by atoms with Gasteiger partial charge in [-0.25, -0.2) is 9.97 Å². The first-order chi connectivity index (χ1) is 11.7. The molecule has 0 bridgehead atoms. The Morgan fingerprint density at radius 3 is 2.71 bits per heavy atom. The fourth-order valence-corrected chi connectivity index (χ4v) is 3.57. The van der Waals surface area contributed by atoms with Crippen LogP contribution in [0.1, 0.15) is 37.3 Å². The predicted octanol–water partition coefficient (Wildman–Crippen LogP) is 2.26. The topological polar surface area (TPSA) is 50.1 Å². The van der Waals surface area contributed by atoms with Crippen molar-refractivity contribution in [2.24, 2.45) is 7.05 Å². The van der Waals surface area contributed by atoms with E-state index in [0.29, 0.717) is 6.04 Å². The predicted molar refractivity (Wildman–Crippen MR) is 95.9 cm³/mol. The van der Waals surface area contributed by atoms with Crippen LogP contribution >= 0.6 is 0 Å². The van der Waals surface area contributed by atoms with Gasteiger partial charge in [0, 0.05) is 56.2 Å². The van der Waals surface area contributed by atoms with E-state index in [2.05, 4.69) is 45.0 Å². The lowest BCUT2D eigenvalue weighted by atomic mass is 10.0. The van der Waals surface area contributed by atoms with Crippen LogP contribution < -0.4 is 4.90 Å². The van der Waals surface area contributed by atoms with Gasteiger partial charge in [-0.3, -0.25) is 9.58 Å². The number of rotatable bonds is 6. The third-order valence-electron chi connectivity index (χ3n) is 4.86. The van der Waals surface area contributed by atoms with Crippen molar-refractivity contribution in [2.75, 3.05) is 25.0 Å². The van der Waals surface area contributed by atoms with Crippen molar-refractivity contribution in [1.29, 1.82) is 0 Å². The molecule has 3 rings (SSSR count). The molecule has 1 aliphatic heterocycles. The van der Waals surface area contributed by atoms with E-state index >= 15 is 0 Å². The third-order valence-corrected chi connectivity index (χ3v) is 4.86. The number of piperidine rings is 1. The maximum atomic E-state index is 4.55. The average molecular weight is 328 g/mol. The second-order valence-corrected chi connectivity index (χ2v) is 6.78. The molecule has 130 valence electrons. The van der Waals surface area contributed by atoms with Gasteiger partial charge in [0.25, 0.3) is 0 Å². The Kier molecular flexibility index (Phi) is 5.45. The van der Waals surface area contributed by atoms with Crippen molar-refractivity contribution < 1.29 is 0 Å². The summed E-state index contributed by atoms with van der Waals surface area (Å²) >= 11 is 0. The van der Waals surface area contributed by atoms with E-state index in [1.54, 1.807) is 6.33 Å². The zero-order valence-electron chi connectivity index (χ0n) is 15.0. The number of hydrogen-bond donors (Lipinski definition) is 0. The van der Waals surface area contributed by atoms with Crippen LogP contribution in [0.2, 0.25) is 0 Å². The number of aromatic nitrogens is 4. The molecule has 1 aliphatic rings. The summed E-state index contributed by atoms with van der Waals surface area (Å²) in [4.78, 5) is 13.6. The summed E-state index contributed by atoms with van der Waals surface area (Å²) in [5, 5.41) is 4.26. The molecular weight excluding hydrogens is 300 g/mol. The Balaban J connectivity index is 1.57. The summed E-state index contributed by atoms with van der Waals surface area (Å²) in [5.74, 6) is 1.14. The van der Waals surface area contributed by atoms with Gasteiger partial charge < -0.3 is 4.90 Å². The smallest absolute Gasteiger partial charge is 0.135 e. The van der Waals surface area contributed by atoms with Crippen LogP contribution in [0.5, 0.6) is 0 Å². The fourth-order valence-electron chi connectivity index (χ4n) is 3.57. The van der Waals surface area contributed by atoms with Gasteiger partial charge in [-0.15, -0.1) is 0 Å². The monoisotopic (exact) mass is 328 g/mol. The highest BCUT2D eigenvalue weighted by Crippen LogP contribution is 2.24. The number of hydrogen-bond acceptors (Lipinski definition) is 5. The lowest BCUT2D eigenvalue weighted by Gasteiger charge is -2.37. The molecule has 0 amide bonds. The minimum absolute atomic E-state index is 0.623. The first-order valence-electron chi connectivity index (χ1n) is 8.89. The molecule has 2 aromatic rings. The molecule has 0 N–H and O–H groups in total. The van der Waals surface area contributed by atoms with E-state index in [1.165, 1.54) is 24.0 Å². The summed E-state index contributed by atoms with van der Waals surface area (Å²) in [7, 11) is 4.19. The largest absolute Gasteiger partial charge is 0.356 e. The summed E-state index contributed by atoms with van der Waals surface area (Å²) in [6.07, 6.45) is 12.2. The van der Waals surface area contributed by atoms with Crippen LogP contribution in [-0.2, 0) is 20.0 Å². The molecule has 3 heterocycles. The maximum absolute atomic E-state index is 4.55. The number of aryl methyl sites for hydroxylation is 2. The molecular formula is C18H28N6. The van der Waals surface area contributed by atoms with Gasteiger partial charge in [0.2, 0.25) is 0 Å². The van der Waals surface area contributed by atoms with E-state index in [1.807, 2.05) is 24.1 Å². The fraction of sp³-hybridized carbons (Fsp3) is 0.611. The van der Waals surface area contributed by atoms with Crippen LogP contribution in [0.15, 0.2) is 24.9 Å². The Labute approximate surface area is 144 Å². The van der Waals surface area contributed by atoms with Crippen molar-refractivity contribution in [1.82, 2.24) is 24.6 Å². The highest BCUT2D eigenvalue weighted by molar-refractivity contribution is 5.45. The van der Waals surface area contributed by atoms with Gasteiger partial charge in [0.15, 0.2) is 0 Å². The van der Waals surface area contributed by atoms with E-state index in [9.17, 15) is 0 Å². The minimum atomic E-state index is 0.623. The van der Waals surface area contributed by atoms with Crippen LogP contribution in [0.3, 0.4) is 0 Å². The molecule has 0 spiro atoms. The zero-order chi connectivity index (χ0) is 16.9. The van der Waals surface area contributed by atoms with E-state index < -0.39 is 0 Å². The minimum Gasteiger partial charge on any atom is -0.356 e. The van der Waals surface area contributed by atoms with Crippen molar-refractivity contribution in [2.45, 2.75) is 45.2 Å². The van der Waals surface area contributed by atoms with Crippen LogP contribution in [-0.4, -0.2) is 50.8 Å². The summed E-state index contributed by atoms with van der Waals surface area (Å²) in [5.41, 5.74) is 2.56. The maximum Gasteiger partial charge on any atom is 0.135 e. The molecule has 0 saturated carbocycles. The van der Waals surface area contributed by atoms with Crippen LogP contribution in [0, 0.1) is 0 Å². The molecule has 0 aromatic carbocycles. The molecule has 0 atom stereocenters. The first-order valence-corrected chi connectivity index (χ1v) is 8.89. The lowest BCUT2D eigenvalue weighted by Crippen LogP contribution is -2.43. The van der Waals surface area contributed by atoms with Gasteiger partial charge in [-0.2, -0.15) is 5.10 Å². The summed E-state index contributed by atoms with van der Waals surface area (Å²) in [6.45, 7) is 5.30. The van der Waals surface area contributed by atoms with Crippen LogP contribution in [0.4, 0.5) is 5.82 Å². The first kappa shape index (κ1) is 16.9. The van der Waals surface area contributed by atoms with Crippen LogP contribution in [0.25, 0.3) is 0 Å². The van der Waals surface area contributed by atoms with Crippen molar-refractivity contribution in [3.8, 4) is 0 Å². The molecule has 6 heteroatoms. The summed E-state index contributed by atoms with van der Waals surface area (Å²) in [6, 6.07) is 0.623. The second-order valence-electron chi connectivity index (χ2n) is 6.78. The number of nitrogens with zero attached hydrogens (tertiary/aromatic N) is 6. The number of anilines is 1. The third kappa shape index (κ3) is 3.93. The van der Waals surface area contributed by atoms with Gasteiger partial charge in [-0.1, -0.05) is 13.3 Å². The second kappa shape index (κ2) is 7.75. The molecule has 6 nitrogen and oxygen atoms in total. The Bertz CT molecular complexity index is 644. The van der Waals surface area contributed by atoms with Gasteiger partial charge in [0.05, 0.1) is 6.20 Å². The normalized spacial score (nSPS) is 16.1. The average Bonchev–Trinajstić information content (AvgIpc) is 3.01. The Hall–Kier alpha value is -1.95. The Morgan fingerprint density at radius 2 is 2.04 bits per heavy atom. The van der Waals surface area contributed by atoms with Crippen molar-refractivity contribution >= 4 is 5.82 Å². The van der Waals surface area contributed by atoms with Crippen molar-refractivity contribution in [3.63, 3.8) is 0 Å². The molecule has 2 aromatic heterocycles. The zero-order valence-corrected chi connectivity index (χ0v) is 15.0. The van der Waals surface area contributed by atoms with Gasteiger partial charge >= 0.3 is 0 Å². The summed E-state index contributed by atoms with van der Waals surface area (Å²) < 4.78 is 1.87. The Morgan fingerprint density at radius 1 is 1.25 bits per heavy atom. The van der Waals surface area contributed by atoms with E-state index in [0.717, 1.165) is 38.3 Å². The van der Waals surface area contributed by atoms with Gasteiger partial charge in [-0.05, 0) is 26.3 Å². The quantitative estimate of drug-likeness (QED) is 0.814. The van der Waals surface area contributed by atoms with E-state index in [-0.39, 0.29) is 0 Å². The molecule has 1 fully saturated rings. The SMILES string of the molecule is CCCc1cncnc1N1CCC(N(C)Cc2cnn(C)c2)CC1.